The topological polar surface area (TPSA) is 38.5 Å². The van der Waals surface area contributed by atoms with Gasteiger partial charge in [-0.1, -0.05) is 12.8 Å². The number of anilines is 2. The molecule has 2 aliphatic rings. The highest BCUT2D eigenvalue weighted by molar-refractivity contribution is 5.63. The van der Waals surface area contributed by atoms with E-state index in [9.17, 15) is 0 Å². The summed E-state index contributed by atoms with van der Waals surface area (Å²) in [6.07, 6.45) is 5.66. The number of hydrogen-bond acceptors (Lipinski definition) is 3. The SMILES string of the molecule is COc1cc(N2CC3(CCCC3)C2)ccc1N. The number of nitrogens with two attached hydrogens (primary N) is 1. The van der Waals surface area contributed by atoms with Crippen molar-refractivity contribution in [1.29, 1.82) is 0 Å². The van der Waals surface area contributed by atoms with Crippen molar-refractivity contribution in [2.45, 2.75) is 25.7 Å². The summed E-state index contributed by atoms with van der Waals surface area (Å²) in [5, 5.41) is 0. The molecule has 1 heterocycles. The molecule has 17 heavy (non-hydrogen) atoms. The Morgan fingerprint density at radius 3 is 2.59 bits per heavy atom. The first-order valence-electron chi connectivity index (χ1n) is 6.41. The smallest absolute Gasteiger partial charge is 0.143 e. The summed E-state index contributed by atoms with van der Waals surface area (Å²) in [5.41, 5.74) is 8.42. The van der Waals surface area contributed by atoms with Crippen LogP contribution in [0.25, 0.3) is 0 Å². The van der Waals surface area contributed by atoms with Gasteiger partial charge in [0.05, 0.1) is 12.8 Å². The molecule has 0 amide bonds. The van der Waals surface area contributed by atoms with Crippen molar-refractivity contribution in [3.8, 4) is 5.75 Å². The maximum atomic E-state index is 5.83. The predicted octanol–water partition coefficient (Wildman–Crippen LogP) is 2.66. The van der Waals surface area contributed by atoms with Gasteiger partial charge in [0, 0.05) is 30.3 Å². The number of benzene rings is 1. The summed E-state index contributed by atoms with van der Waals surface area (Å²) in [6.45, 7) is 2.42. The first kappa shape index (κ1) is 10.8. The van der Waals surface area contributed by atoms with E-state index in [0.717, 1.165) is 5.75 Å². The Bertz CT molecular complexity index is 416. The summed E-state index contributed by atoms with van der Waals surface area (Å²) >= 11 is 0. The molecule has 0 aromatic heterocycles. The number of nitrogen functional groups attached to an aromatic ring is 1. The van der Waals surface area contributed by atoms with Gasteiger partial charge in [-0.25, -0.2) is 0 Å². The van der Waals surface area contributed by atoms with Crippen LogP contribution in [0.5, 0.6) is 5.75 Å². The molecule has 2 fully saturated rings. The molecule has 1 aromatic carbocycles. The summed E-state index contributed by atoms with van der Waals surface area (Å²) in [6, 6.07) is 6.09. The van der Waals surface area contributed by atoms with Gasteiger partial charge in [0.25, 0.3) is 0 Å². The van der Waals surface area contributed by atoms with Crippen LogP contribution in [0.3, 0.4) is 0 Å². The fourth-order valence-electron chi connectivity index (χ4n) is 3.28. The molecule has 3 rings (SSSR count). The zero-order valence-electron chi connectivity index (χ0n) is 10.4. The van der Waals surface area contributed by atoms with Gasteiger partial charge in [0.2, 0.25) is 0 Å². The Morgan fingerprint density at radius 1 is 1.24 bits per heavy atom. The highest BCUT2D eigenvalue weighted by Gasteiger charge is 2.44. The second-order valence-corrected chi connectivity index (χ2v) is 5.49. The maximum absolute atomic E-state index is 5.83. The number of rotatable bonds is 2. The van der Waals surface area contributed by atoms with Crippen molar-refractivity contribution in [2.24, 2.45) is 5.41 Å². The van der Waals surface area contributed by atoms with Gasteiger partial charge in [-0.15, -0.1) is 0 Å². The third-order valence-corrected chi connectivity index (χ3v) is 4.30. The lowest BCUT2D eigenvalue weighted by Crippen LogP contribution is -2.55. The molecule has 1 saturated heterocycles. The molecule has 1 aliphatic heterocycles. The minimum absolute atomic E-state index is 0.634. The van der Waals surface area contributed by atoms with Crippen molar-refractivity contribution >= 4 is 11.4 Å². The quantitative estimate of drug-likeness (QED) is 0.797. The van der Waals surface area contributed by atoms with Gasteiger partial charge < -0.3 is 15.4 Å². The fourth-order valence-corrected chi connectivity index (χ4v) is 3.28. The van der Waals surface area contributed by atoms with Crippen molar-refractivity contribution < 1.29 is 4.74 Å². The largest absolute Gasteiger partial charge is 0.495 e. The van der Waals surface area contributed by atoms with Gasteiger partial charge in [-0.05, 0) is 25.0 Å². The third kappa shape index (κ3) is 1.74. The molecule has 92 valence electrons. The first-order valence-corrected chi connectivity index (χ1v) is 6.41. The van der Waals surface area contributed by atoms with Crippen LogP contribution in [0.1, 0.15) is 25.7 Å². The van der Waals surface area contributed by atoms with E-state index < -0.39 is 0 Å². The summed E-state index contributed by atoms with van der Waals surface area (Å²) in [7, 11) is 1.67. The maximum Gasteiger partial charge on any atom is 0.143 e. The zero-order chi connectivity index (χ0) is 11.9. The Labute approximate surface area is 103 Å². The predicted molar refractivity (Wildman–Crippen MR) is 70.5 cm³/mol. The summed E-state index contributed by atoms with van der Waals surface area (Å²) < 4.78 is 5.27. The number of ether oxygens (including phenoxy) is 1. The molecule has 1 spiro atoms. The normalized spacial score (nSPS) is 21.6. The van der Waals surface area contributed by atoms with E-state index >= 15 is 0 Å². The molecule has 3 heteroatoms. The summed E-state index contributed by atoms with van der Waals surface area (Å²) in [4.78, 5) is 2.44. The van der Waals surface area contributed by atoms with Gasteiger partial charge in [0.1, 0.15) is 5.75 Å². The third-order valence-electron chi connectivity index (χ3n) is 4.30. The number of nitrogens with zero attached hydrogens (tertiary/aromatic N) is 1. The van der Waals surface area contributed by atoms with E-state index in [4.69, 9.17) is 10.5 Å². The van der Waals surface area contributed by atoms with E-state index in [-0.39, 0.29) is 0 Å². The molecule has 0 atom stereocenters. The Morgan fingerprint density at radius 2 is 1.94 bits per heavy atom. The van der Waals surface area contributed by atoms with E-state index in [2.05, 4.69) is 17.0 Å². The first-order chi connectivity index (χ1) is 8.22. The molecule has 0 bridgehead atoms. The average Bonchev–Trinajstić information content (AvgIpc) is 2.77. The molecule has 3 nitrogen and oxygen atoms in total. The van der Waals surface area contributed by atoms with Crippen LogP contribution in [0, 0.1) is 5.41 Å². The van der Waals surface area contributed by atoms with Crippen LogP contribution in [-0.4, -0.2) is 20.2 Å². The minimum Gasteiger partial charge on any atom is -0.495 e. The molecule has 1 aromatic rings. The molecule has 2 N–H and O–H groups in total. The number of methoxy groups -OCH3 is 1. The van der Waals surface area contributed by atoms with E-state index in [1.54, 1.807) is 7.11 Å². The fraction of sp³-hybridized carbons (Fsp3) is 0.571. The van der Waals surface area contributed by atoms with Gasteiger partial charge in [-0.3, -0.25) is 0 Å². The molecule has 0 radical (unpaired) electrons. The number of hydrogen-bond donors (Lipinski definition) is 1. The second kappa shape index (κ2) is 3.83. The van der Waals surface area contributed by atoms with Crippen molar-refractivity contribution in [1.82, 2.24) is 0 Å². The molecule has 1 aliphatic carbocycles. The molecular formula is C14H20N2O. The second-order valence-electron chi connectivity index (χ2n) is 5.49. The Balaban J connectivity index is 1.74. The molecular weight excluding hydrogens is 212 g/mol. The van der Waals surface area contributed by atoms with Crippen LogP contribution in [0.4, 0.5) is 11.4 Å². The van der Waals surface area contributed by atoms with Crippen molar-refractivity contribution in [3.63, 3.8) is 0 Å². The van der Waals surface area contributed by atoms with E-state index in [1.165, 1.54) is 44.5 Å². The highest BCUT2D eigenvalue weighted by Crippen LogP contribution is 2.47. The van der Waals surface area contributed by atoms with Crippen LogP contribution in [0.15, 0.2) is 18.2 Å². The Hall–Kier alpha value is -1.38. The van der Waals surface area contributed by atoms with E-state index in [1.807, 2.05) is 6.07 Å². The van der Waals surface area contributed by atoms with Crippen LogP contribution in [0.2, 0.25) is 0 Å². The van der Waals surface area contributed by atoms with Crippen molar-refractivity contribution in [3.05, 3.63) is 18.2 Å². The van der Waals surface area contributed by atoms with E-state index in [0.29, 0.717) is 11.1 Å². The van der Waals surface area contributed by atoms with Gasteiger partial charge >= 0.3 is 0 Å². The lowest BCUT2D eigenvalue weighted by Gasteiger charge is -2.49. The van der Waals surface area contributed by atoms with Crippen LogP contribution in [-0.2, 0) is 0 Å². The zero-order valence-corrected chi connectivity index (χ0v) is 10.4. The van der Waals surface area contributed by atoms with Gasteiger partial charge in [0.15, 0.2) is 0 Å². The lowest BCUT2D eigenvalue weighted by atomic mass is 9.78. The molecule has 0 unspecified atom stereocenters. The minimum atomic E-state index is 0.634. The summed E-state index contributed by atoms with van der Waals surface area (Å²) in [5.74, 6) is 0.787. The monoisotopic (exact) mass is 232 g/mol. The standard InChI is InChI=1S/C14H20N2O/c1-17-13-8-11(4-5-12(13)15)16-9-14(10-16)6-2-3-7-14/h4-5,8H,2-3,6-7,9-10,15H2,1H3. The van der Waals surface area contributed by atoms with Crippen molar-refractivity contribution in [2.75, 3.05) is 30.8 Å². The highest BCUT2D eigenvalue weighted by atomic mass is 16.5. The van der Waals surface area contributed by atoms with Gasteiger partial charge in [-0.2, -0.15) is 0 Å². The van der Waals surface area contributed by atoms with Crippen LogP contribution >= 0.6 is 0 Å². The average molecular weight is 232 g/mol. The lowest BCUT2D eigenvalue weighted by molar-refractivity contribution is 0.222. The Kier molecular flexibility index (Phi) is 2.42. The van der Waals surface area contributed by atoms with Crippen LogP contribution < -0.4 is 15.4 Å². The molecule has 1 saturated carbocycles.